The number of imidazole rings is 1. The number of hydrogen-bond acceptors (Lipinski definition) is 4. The van der Waals surface area contributed by atoms with Gasteiger partial charge in [0.05, 0.1) is 22.8 Å². The highest BCUT2D eigenvalue weighted by Gasteiger charge is 2.31. The molecule has 0 bridgehead atoms. The lowest BCUT2D eigenvalue weighted by Crippen LogP contribution is -2.38. The Morgan fingerprint density at radius 3 is 3.12 bits per heavy atom. The number of halogens is 2. The largest absolute Gasteiger partial charge is 0.333 e. The maximum atomic E-state index is 14.1. The fourth-order valence-electron chi connectivity index (χ4n) is 3.11. The second kappa shape index (κ2) is 5.53. The number of carbonyl (C=O) groups is 1. The van der Waals surface area contributed by atoms with E-state index in [9.17, 15) is 9.18 Å². The summed E-state index contributed by atoms with van der Waals surface area (Å²) in [6.07, 6.45) is 0.717. The minimum Gasteiger partial charge on any atom is -0.333 e. The van der Waals surface area contributed by atoms with E-state index in [1.54, 1.807) is 28.7 Å². The van der Waals surface area contributed by atoms with Crippen LogP contribution in [0.4, 0.5) is 4.39 Å². The summed E-state index contributed by atoms with van der Waals surface area (Å²) in [5.74, 6) is -0.644. The molecular weight excluding hydrogens is 351 g/mol. The first kappa shape index (κ1) is 15.5. The van der Waals surface area contributed by atoms with Crippen LogP contribution in [0.1, 0.15) is 39.7 Å². The zero-order valence-corrected chi connectivity index (χ0v) is 14.6. The predicted molar refractivity (Wildman–Crippen MR) is 91.1 cm³/mol. The van der Waals surface area contributed by atoms with Crippen LogP contribution in [0.15, 0.2) is 11.6 Å². The average Bonchev–Trinajstić information content (AvgIpc) is 3.20. The first-order valence-electron chi connectivity index (χ1n) is 7.55. The lowest BCUT2D eigenvalue weighted by atomic mass is 10.1. The molecule has 8 heteroatoms. The summed E-state index contributed by atoms with van der Waals surface area (Å²) in [6, 6.07) is 1.15. The van der Waals surface area contributed by atoms with E-state index in [0.717, 1.165) is 10.6 Å². The maximum Gasteiger partial charge on any atom is 0.290 e. The van der Waals surface area contributed by atoms with Crippen LogP contribution in [0.2, 0.25) is 5.02 Å². The highest BCUT2D eigenvalue weighted by atomic mass is 35.5. The van der Waals surface area contributed by atoms with Crippen molar-refractivity contribution in [3.8, 4) is 0 Å². The fraction of sp³-hybridized carbons (Fsp3) is 0.312. The van der Waals surface area contributed by atoms with E-state index in [2.05, 4.69) is 15.0 Å². The van der Waals surface area contributed by atoms with E-state index in [0.29, 0.717) is 29.1 Å². The second-order valence-electron chi connectivity index (χ2n) is 5.86. The van der Waals surface area contributed by atoms with Crippen molar-refractivity contribution < 1.29 is 9.18 Å². The number of H-pyrrole nitrogens is 1. The summed E-state index contributed by atoms with van der Waals surface area (Å²) < 4.78 is 14.1. The Morgan fingerprint density at radius 2 is 2.33 bits per heavy atom. The molecule has 1 atom stereocenters. The van der Waals surface area contributed by atoms with Crippen LogP contribution in [0.25, 0.3) is 11.0 Å². The first-order chi connectivity index (χ1) is 11.5. The number of hydrogen-bond donors (Lipinski definition) is 1. The second-order valence-corrected chi connectivity index (χ2v) is 7.16. The van der Waals surface area contributed by atoms with E-state index in [4.69, 9.17) is 11.6 Å². The number of aromatic amines is 1. The number of nitrogens with one attached hydrogen (secondary N) is 1. The zero-order valence-electron chi connectivity index (χ0n) is 13.1. The molecule has 2 aromatic heterocycles. The van der Waals surface area contributed by atoms with Gasteiger partial charge in [-0.3, -0.25) is 4.79 Å². The van der Waals surface area contributed by atoms with E-state index >= 15 is 0 Å². The van der Waals surface area contributed by atoms with E-state index < -0.39 is 5.82 Å². The summed E-state index contributed by atoms with van der Waals surface area (Å²) >= 11 is 7.56. The minimum absolute atomic E-state index is 0.0727. The quantitative estimate of drug-likeness (QED) is 0.712. The monoisotopic (exact) mass is 364 g/mol. The number of rotatable bonds is 1. The predicted octanol–water partition coefficient (Wildman–Crippen LogP) is 3.88. The number of carbonyl (C=O) groups excluding carboxylic acids is 1. The third-order valence-corrected chi connectivity index (χ3v) is 5.92. The van der Waals surface area contributed by atoms with Crippen molar-refractivity contribution in [2.75, 3.05) is 6.54 Å². The van der Waals surface area contributed by atoms with Crippen LogP contribution in [0.3, 0.4) is 0 Å². The van der Waals surface area contributed by atoms with Gasteiger partial charge in [-0.05, 0) is 25.5 Å². The molecule has 3 heterocycles. The van der Waals surface area contributed by atoms with Crippen molar-refractivity contribution in [2.24, 2.45) is 0 Å². The van der Waals surface area contributed by atoms with E-state index in [-0.39, 0.29) is 23.3 Å². The number of aryl methyl sites for hydroxylation is 1. The van der Waals surface area contributed by atoms with Crippen LogP contribution in [0.5, 0.6) is 0 Å². The van der Waals surface area contributed by atoms with Crippen LogP contribution in [-0.4, -0.2) is 32.3 Å². The molecular formula is C16H14ClFN4OS. The summed E-state index contributed by atoms with van der Waals surface area (Å²) in [5, 5.41) is 0.309. The van der Waals surface area contributed by atoms with Crippen molar-refractivity contribution in [3.63, 3.8) is 0 Å². The van der Waals surface area contributed by atoms with Crippen molar-refractivity contribution in [1.29, 1.82) is 0 Å². The molecule has 0 aliphatic carbocycles. The van der Waals surface area contributed by atoms with Crippen LogP contribution in [-0.2, 0) is 6.42 Å². The van der Waals surface area contributed by atoms with Gasteiger partial charge in [0.15, 0.2) is 11.6 Å². The summed E-state index contributed by atoms with van der Waals surface area (Å²) in [6.45, 7) is 4.30. The molecule has 124 valence electrons. The number of nitrogens with zero attached hydrogens (tertiary/aromatic N) is 3. The maximum absolute atomic E-state index is 14.1. The highest BCUT2D eigenvalue weighted by Crippen LogP contribution is 2.33. The molecule has 1 amide bonds. The number of fused-ring (bicyclic) bond motifs is 2. The van der Waals surface area contributed by atoms with Gasteiger partial charge in [-0.1, -0.05) is 11.6 Å². The Kier molecular flexibility index (Phi) is 3.58. The highest BCUT2D eigenvalue weighted by molar-refractivity contribution is 7.09. The molecule has 5 nitrogen and oxygen atoms in total. The van der Waals surface area contributed by atoms with Crippen LogP contribution < -0.4 is 0 Å². The normalized spacial score (nSPS) is 17.3. The average molecular weight is 365 g/mol. The smallest absolute Gasteiger partial charge is 0.290 e. The Bertz CT molecular complexity index is 967. The number of benzene rings is 1. The minimum atomic E-state index is -0.535. The van der Waals surface area contributed by atoms with Gasteiger partial charge < -0.3 is 9.88 Å². The van der Waals surface area contributed by atoms with Crippen LogP contribution >= 0.6 is 22.9 Å². The summed E-state index contributed by atoms with van der Waals surface area (Å²) in [5.41, 5.74) is 4.14. The Labute approximate surface area is 146 Å². The third-order valence-electron chi connectivity index (χ3n) is 4.49. The molecule has 0 spiro atoms. The van der Waals surface area contributed by atoms with Crippen molar-refractivity contribution >= 4 is 39.9 Å². The van der Waals surface area contributed by atoms with Gasteiger partial charge >= 0.3 is 0 Å². The number of thiazole rings is 1. The number of amides is 1. The standard InChI is InChI=1S/C16H14ClFN4OS/c1-7-9(17)5-10(18)13-12(7)20-15(21-13)16(23)22-4-3-11-14(8(22)2)24-6-19-11/h5-6,8H,3-4H2,1-2H3,(H,20,21)/t8-/m1/s1. The Morgan fingerprint density at radius 1 is 1.54 bits per heavy atom. The molecule has 0 radical (unpaired) electrons. The third kappa shape index (κ3) is 2.22. The zero-order chi connectivity index (χ0) is 17.0. The Balaban J connectivity index is 1.74. The molecule has 4 rings (SSSR count). The van der Waals surface area contributed by atoms with Gasteiger partial charge in [0.1, 0.15) is 5.52 Å². The first-order valence-corrected chi connectivity index (χ1v) is 8.80. The van der Waals surface area contributed by atoms with Crippen molar-refractivity contribution in [1.82, 2.24) is 19.9 Å². The molecule has 0 fully saturated rings. The fourth-order valence-corrected chi connectivity index (χ4v) is 4.21. The van der Waals surface area contributed by atoms with Gasteiger partial charge in [-0.25, -0.2) is 14.4 Å². The molecule has 3 aromatic rings. The molecule has 0 unspecified atom stereocenters. The molecule has 0 saturated heterocycles. The van der Waals surface area contributed by atoms with Gasteiger partial charge in [0.2, 0.25) is 0 Å². The lowest BCUT2D eigenvalue weighted by molar-refractivity contribution is 0.0669. The molecule has 1 aliphatic rings. The topological polar surface area (TPSA) is 61.9 Å². The lowest BCUT2D eigenvalue weighted by Gasteiger charge is -2.32. The van der Waals surface area contributed by atoms with Crippen molar-refractivity contribution in [3.05, 3.63) is 44.4 Å². The summed E-state index contributed by atoms with van der Waals surface area (Å²) in [4.78, 5) is 27.2. The van der Waals surface area contributed by atoms with E-state index in [1.165, 1.54) is 6.07 Å². The molecule has 1 aromatic carbocycles. The molecule has 24 heavy (non-hydrogen) atoms. The summed E-state index contributed by atoms with van der Waals surface area (Å²) in [7, 11) is 0. The van der Waals surface area contributed by atoms with E-state index in [1.807, 2.05) is 6.92 Å². The van der Waals surface area contributed by atoms with Crippen molar-refractivity contribution in [2.45, 2.75) is 26.3 Å². The van der Waals surface area contributed by atoms with Gasteiger partial charge in [0.25, 0.3) is 5.91 Å². The molecule has 0 saturated carbocycles. The van der Waals surface area contributed by atoms with Gasteiger partial charge in [-0.2, -0.15) is 0 Å². The molecule has 1 aliphatic heterocycles. The van der Waals surface area contributed by atoms with Crippen LogP contribution in [0, 0.1) is 12.7 Å². The SMILES string of the molecule is Cc1c(Cl)cc(F)c2nc(C(=O)N3CCc4ncsc4[C@H]3C)[nH]c12. The number of aromatic nitrogens is 3. The van der Waals surface area contributed by atoms with Gasteiger partial charge in [0, 0.05) is 22.9 Å². The Hall–Kier alpha value is -1.99. The molecule has 1 N–H and O–H groups in total. The van der Waals surface area contributed by atoms with Gasteiger partial charge in [-0.15, -0.1) is 11.3 Å².